The predicted octanol–water partition coefficient (Wildman–Crippen LogP) is -0.0865. The highest BCUT2D eigenvalue weighted by atomic mass is 16.7. The lowest BCUT2D eigenvalue weighted by Crippen LogP contribution is -2.52. The minimum absolute atomic E-state index is 0.115. The fourth-order valence-corrected chi connectivity index (χ4v) is 2.08. The van der Waals surface area contributed by atoms with Gasteiger partial charge in [0.25, 0.3) is 0 Å². The number of rotatable bonds is 2. The van der Waals surface area contributed by atoms with E-state index in [0.29, 0.717) is 11.5 Å². The lowest BCUT2D eigenvalue weighted by molar-refractivity contribution is -0.143. The summed E-state index contributed by atoms with van der Waals surface area (Å²) in [5, 5.41) is 2.14. The number of hydrogen-bond donors (Lipinski definition) is 1. The van der Waals surface area contributed by atoms with Gasteiger partial charge in [0, 0.05) is 6.08 Å². The van der Waals surface area contributed by atoms with Crippen molar-refractivity contribution in [2.24, 2.45) is 0 Å². The number of nitrogens with one attached hydrogen (secondary N) is 1. The molecule has 1 fully saturated rings. The fraction of sp³-hybridized carbons (Fsp3) is 0.214. The summed E-state index contributed by atoms with van der Waals surface area (Å²) < 4.78 is 10.4. The van der Waals surface area contributed by atoms with Crippen LogP contribution in [-0.2, 0) is 14.4 Å². The number of carbonyl (C=O) groups excluding carboxylic acids is 3. The SMILES string of the molecule is O=C1CN(C(=O)C=Cc2ccc3c(c2)OCO3)CC(=O)N1. The Morgan fingerprint density at radius 3 is 2.62 bits per heavy atom. The molecule has 0 spiro atoms. The van der Waals surface area contributed by atoms with Gasteiger partial charge in [-0.25, -0.2) is 0 Å². The van der Waals surface area contributed by atoms with E-state index in [2.05, 4.69) is 5.32 Å². The van der Waals surface area contributed by atoms with E-state index >= 15 is 0 Å². The molecule has 1 N–H and O–H groups in total. The number of benzene rings is 1. The predicted molar refractivity (Wildman–Crippen MR) is 71.3 cm³/mol. The van der Waals surface area contributed by atoms with E-state index < -0.39 is 17.7 Å². The third-order valence-corrected chi connectivity index (χ3v) is 3.07. The molecule has 1 saturated heterocycles. The van der Waals surface area contributed by atoms with E-state index in [1.165, 1.54) is 11.0 Å². The summed E-state index contributed by atoms with van der Waals surface area (Å²) in [7, 11) is 0. The molecule has 0 atom stereocenters. The Labute approximate surface area is 120 Å². The van der Waals surface area contributed by atoms with Gasteiger partial charge in [-0.3, -0.25) is 19.7 Å². The highest BCUT2D eigenvalue weighted by Crippen LogP contribution is 2.32. The van der Waals surface area contributed by atoms with Gasteiger partial charge in [-0.2, -0.15) is 0 Å². The molecule has 108 valence electrons. The first-order chi connectivity index (χ1) is 10.1. The molecule has 0 radical (unpaired) electrons. The molecule has 0 saturated carbocycles. The van der Waals surface area contributed by atoms with Crippen molar-refractivity contribution in [2.45, 2.75) is 0 Å². The molecule has 2 aliphatic heterocycles. The van der Waals surface area contributed by atoms with Gasteiger partial charge < -0.3 is 14.4 Å². The van der Waals surface area contributed by atoms with Crippen molar-refractivity contribution < 1.29 is 23.9 Å². The number of hydrogen-bond acceptors (Lipinski definition) is 5. The number of piperazine rings is 1. The molecule has 1 aromatic rings. The normalized spacial score (nSPS) is 17.2. The van der Waals surface area contributed by atoms with Crippen LogP contribution < -0.4 is 14.8 Å². The molecule has 0 aromatic heterocycles. The van der Waals surface area contributed by atoms with Crippen molar-refractivity contribution in [1.29, 1.82) is 0 Å². The molecule has 1 aromatic carbocycles. The summed E-state index contributed by atoms with van der Waals surface area (Å²) in [5.41, 5.74) is 0.764. The second kappa shape index (κ2) is 5.28. The Kier molecular flexibility index (Phi) is 3.31. The second-order valence-corrected chi connectivity index (χ2v) is 4.61. The van der Waals surface area contributed by atoms with E-state index in [1.54, 1.807) is 24.3 Å². The average Bonchev–Trinajstić information content (AvgIpc) is 2.91. The first-order valence-corrected chi connectivity index (χ1v) is 6.31. The third-order valence-electron chi connectivity index (χ3n) is 3.07. The molecule has 2 heterocycles. The minimum Gasteiger partial charge on any atom is -0.454 e. The average molecular weight is 288 g/mol. The summed E-state index contributed by atoms with van der Waals surface area (Å²) in [6, 6.07) is 5.29. The fourth-order valence-electron chi connectivity index (χ4n) is 2.08. The molecule has 2 aliphatic rings. The molecule has 21 heavy (non-hydrogen) atoms. The Balaban J connectivity index is 1.69. The van der Waals surface area contributed by atoms with Crippen LogP contribution in [0.25, 0.3) is 6.08 Å². The van der Waals surface area contributed by atoms with Crippen molar-refractivity contribution in [3.8, 4) is 11.5 Å². The van der Waals surface area contributed by atoms with Crippen LogP contribution in [0, 0.1) is 0 Å². The number of amides is 3. The number of imide groups is 1. The third kappa shape index (κ3) is 2.86. The lowest BCUT2D eigenvalue weighted by Gasteiger charge is -2.24. The Morgan fingerprint density at radius 1 is 1.14 bits per heavy atom. The van der Waals surface area contributed by atoms with E-state index in [4.69, 9.17) is 9.47 Å². The Hall–Kier alpha value is -2.83. The maximum Gasteiger partial charge on any atom is 0.247 e. The monoisotopic (exact) mass is 288 g/mol. The van der Waals surface area contributed by atoms with Gasteiger partial charge in [-0.1, -0.05) is 6.07 Å². The van der Waals surface area contributed by atoms with Crippen molar-refractivity contribution in [2.75, 3.05) is 19.9 Å². The minimum atomic E-state index is -0.476. The first kappa shape index (κ1) is 13.2. The summed E-state index contributed by atoms with van der Waals surface area (Å²) in [5.74, 6) is -0.0584. The van der Waals surface area contributed by atoms with Crippen molar-refractivity contribution in [3.63, 3.8) is 0 Å². The van der Waals surface area contributed by atoms with E-state index in [1.807, 2.05) is 0 Å². The quantitative estimate of drug-likeness (QED) is 0.607. The molecular weight excluding hydrogens is 276 g/mol. The number of carbonyl (C=O) groups is 3. The molecule has 7 nitrogen and oxygen atoms in total. The van der Waals surface area contributed by atoms with Gasteiger partial charge in [-0.15, -0.1) is 0 Å². The molecule has 0 aliphatic carbocycles. The molecule has 3 rings (SSSR count). The smallest absolute Gasteiger partial charge is 0.247 e. The maximum absolute atomic E-state index is 11.9. The summed E-state index contributed by atoms with van der Waals surface area (Å²) in [4.78, 5) is 35.6. The van der Waals surface area contributed by atoms with Crippen LogP contribution in [0.3, 0.4) is 0 Å². The van der Waals surface area contributed by atoms with Gasteiger partial charge in [-0.05, 0) is 23.8 Å². The molecule has 0 unspecified atom stereocenters. The lowest BCUT2D eigenvalue weighted by atomic mass is 10.2. The van der Waals surface area contributed by atoms with Crippen molar-refractivity contribution in [1.82, 2.24) is 10.2 Å². The van der Waals surface area contributed by atoms with Gasteiger partial charge in [0.1, 0.15) is 13.1 Å². The Bertz CT molecular complexity index is 637. The number of nitrogens with zero attached hydrogens (tertiary/aromatic N) is 1. The van der Waals surface area contributed by atoms with Crippen LogP contribution in [-0.4, -0.2) is 42.5 Å². The van der Waals surface area contributed by atoms with E-state index in [0.717, 1.165) is 5.56 Å². The van der Waals surface area contributed by atoms with Crippen LogP contribution in [0.15, 0.2) is 24.3 Å². The summed E-state index contributed by atoms with van der Waals surface area (Å²) in [6.45, 7) is -0.0431. The van der Waals surface area contributed by atoms with Crippen LogP contribution in [0.1, 0.15) is 5.56 Å². The second-order valence-electron chi connectivity index (χ2n) is 4.61. The van der Waals surface area contributed by atoms with E-state index in [9.17, 15) is 14.4 Å². The van der Waals surface area contributed by atoms with Crippen LogP contribution in [0.5, 0.6) is 11.5 Å². The number of fused-ring (bicyclic) bond motifs is 1. The van der Waals surface area contributed by atoms with E-state index in [-0.39, 0.29) is 19.9 Å². The van der Waals surface area contributed by atoms with Gasteiger partial charge in [0.05, 0.1) is 0 Å². The highest BCUT2D eigenvalue weighted by Gasteiger charge is 2.24. The first-order valence-electron chi connectivity index (χ1n) is 6.31. The van der Waals surface area contributed by atoms with Crippen LogP contribution in [0.2, 0.25) is 0 Å². The molecule has 0 bridgehead atoms. The molecule has 3 amide bonds. The van der Waals surface area contributed by atoms with Gasteiger partial charge in [0.2, 0.25) is 24.5 Å². The van der Waals surface area contributed by atoms with Gasteiger partial charge >= 0.3 is 0 Å². The topological polar surface area (TPSA) is 84.9 Å². The number of ether oxygens (including phenoxy) is 2. The van der Waals surface area contributed by atoms with Crippen LogP contribution >= 0.6 is 0 Å². The van der Waals surface area contributed by atoms with Gasteiger partial charge in [0.15, 0.2) is 11.5 Å². The zero-order valence-electron chi connectivity index (χ0n) is 11.0. The van der Waals surface area contributed by atoms with Crippen LogP contribution in [0.4, 0.5) is 0 Å². The summed E-state index contributed by atoms with van der Waals surface area (Å²) >= 11 is 0. The largest absolute Gasteiger partial charge is 0.454 e. The zero-order chi connectivity index (χ0) is 14.8. The standard InChI is InChI=1S/C14H12N2O5/c17-12-6-16(7-13(18)15-12)14(19)4-2-9-1-3-10-11(5-9)21-8-20-10/h1-5H,6-8H2,(H,15,17,18). The summed E-state index contributed by atoms with van der Waals surface area (Å²) in [6.07, 6.45) is 2.92. The van der Waals surface area contributed by atoms with Crippen molar-refractivity contribution >= 4 is 23.8 Å². The Morgan fingerprint density at radius 2 is 1.86 bits per heavy atom. The zero-order valence-corrected chi connectivity index (χ0v) is 11.0. The molecular formula is C14H12N2O5. The molecule has 7 heteroatoms. The van der Waals surface area contributed by atoms with Crippen molar-refractivity contribution in [3.05, 3.63) is 29.8 Å². The maximum atomic E-state index is 11.9. The highest BCUT2D eigenvalue weighted by molar-refractivity contribution is 6.04.